The highest BCUT2D eigenvalue weighted by Gasteiger charge is 2.36. The average Bonchev–Trinajstić information content (AvgIpc) is 3.62. The second kappa shape index (κ2) is 11.0. The maximum absolute atomic E-state index is 13.6. The number of alkyl halides is 3. The van der Waals surface area contributed by atoms with Crippen LogP contribution >= 0.6 is 0 Å². The monoisotopic (exact) mass is 533 g/mol. The fraction of sp³-hybridized carbons (Fsp3) is 0.267. The first-order chi connectivity index (χ1) is 18.7. The highest BCUT2D eigenvalue weighted by Crippen LogP contribution is 2.32. The second-order valence-corrected chi connectivity index (χ2v) is 9.98. The minimum Gasteiger partial charge on any atom is -0.326 e. The summed E-state index contributed by atoms with van der Waals surface area (Å²) in [7, 11) is 0. The van der Waals surface area contributed by atoms with E-state index in [0.29, 0.717) is 22.9 Å². The molecule has 6 nitrogen and oxygen atoms in total. The molecule has 0 bridgehead atoms. The van der Waals surface area contributed by atoms with E-state index in [1.807, 2.05) is 37.3 Å². The van der Waals surface area contributed by atoms with Crippen LogP contribution in [0.5, 0.6) is 0 Å². The summed E-state index contributed by atoms with van der Waals surface area (Å²) in [5.74, 6) is -0.0348. The Kier molecular flexibility index (Phi) is 7.54. The molecule has 0 saturated heterocycles. The van der Waals surface area contributed by atoms with Gasteiger partial charge in [-0.05, 0) is 73.2 Å². The van der Waals surface area contributed by atoms with E-state index in [0.717, 1.165) is 34.0 Å². The molecule has 1 aliphatic rings. The number of nitrogens with two attached hydrogens (primary N) is 1. The topological polar surface area (TPSA) is 85.0 Å². The molecule has 9 heteroatoms. The van der Waals surface area contributed by atoms with Gasteiger partial charge in [0.1, 0.15) is 5.69 Å². The van der Waals surface area contributed by atoms with Gasteiger partial charge in [-0.2, -0.15) is 18.3 Å². The summed E-state index contributed by atoms with van der Waals surface area (Å²) >= 11 is 0. The van der Waals surface area contributed by atoms with Crippen molar-refractivity contribution in [2.24, 2.45) is 11.7 Å². The van der Waals surface area contributed by atoms with Gasteiger partial charge in [-0.25, -0.2) is 4.68 Å². The lowest BCUT2D eigenvalue weighted by Crippen LogP contribution is -2.25. The van der Waals surface area contributed by atoms with Crippen LogP contribution in [0, 0.1) is 12.8 Å². The van der Waals surface area contributed by atoms with Crippen LogP contribution in [0.15, 0.2) is 78.9 Å². The molecule has 1 aliphatic carbocycles. The highest BCUT2D eigenvalue weighted by molar-refractivity contribution is 6.03. The van der Waals surface area contributed by atoms with Gasteiger partial charge in [0.05, 0.1) is 11.7 Å². The number of amides is 1. The molecule has 1 unspecified atom stereocenters. The van der Waals surface area contributed by atoms with Gasteiger partial charge in [-0.3, -0.25) is 4.79 Å². The smallest absolute Gasteiger partial charge is 0.326 e. The van der Waals surface area contributed by atoms with Crippen molar-refractivity contribution in [2.45, 2.75) is 38.5 Å². The molecule has 0 aliphatic heterocycles. The van der Waals surface area contributed by atoms with Crippen molar-refractivity contribution in [2.75, 3.05) is 11.9 Å². The standard InChI is InChI=1S/C30H30F3N5O/c1-19-5-2-7-22(13-19)28(35-18-20-11-12-20)23-8-4-9-24(15-23)36-29(39)26-16-27(30(31,32)33)37-38(26)25-10-3-6-21(14-25)17-34/h2-10,13-16,20,28,35H,11-12,17-18,34H2,1H3,(H,36,39). The van der Waals surface area contributed by atoms with Crippen molar-refractivity contribution in [3.8, 4) is 5.69 Å². The number of hydrogen-bond donors (Lipinski definition) is 3. The number of aryl methyl sites for hydroxylation is 1. The first-order valence-corrected chi connectivity index (χ1v) is 12.9. The fourth-order valence-electron chi connectivity index (χ4n) is 4.57. The van der Waals surface area contributed by atoms with E-state index in [9.17, 15) is 18.0 Å². The predicted molar refractivity (Wildman–Crippen MR) is 145 cm³/mol. The van der Waals surface area contributed by atoms with Crippen LogP contribution in [0.1, 0.15) is 57.3 Å². The highest BCUT2D eigenvalue weighted by atomic mass is 19.4. The zero-order valence-electron chi connectivity index (χ0n) is 21.5. The van der Waals surface area contributed by atoms with Crippen LogP contribution in [-0.4, -0.2) is 22.2 Å². The number of aromatic nitrogens is 2. The van der Waals surface area contributed by atoms with E-state index in [1.54, 1.807) is 30.3 Å². The summed E-state index contributed by atoms with van der Waals surface area (Å²) in [5.41, 5.74) is 9.01. The van der Waals surface area contributed by atoms with Crippen LogP contribution in [0.3, 0.4) is 0 Å². The summed E-state index contributed by atoms with van der Waals surface area (Å²) in [6.45, 7) is 3.13. The average molecular weight is 534 g/mol. The lowest BCUT2D eigenvalue weighted by atomic mass is 9.96. The SMILES string of the molecule is Cc1cccc(C(NCC2CC2)c2cccc(NC(=O)c3cc(C(F)(F)F)nn3-c3cccc(CN)c3)c2)c1. The zero-order valence-corrected chi connectivity index (χ0v) is 21.5. The van der Waals surface area contributed by atoms with Gasteiger partial charge in [-0.15, -0.1) is 0 Å². The van der Waals surface area contributed by atoms with E-state index < -0.39 is 17.8 Å². The van der Waals surface area contributed by atoms with Gasteiger partial charge in [0.15, 0.2) is 5.69 Å². The first kappa shape index (κ1) is 26.6. The number of carbonyl (C=O) groups excluding carboxylic acids is 1. The summed E-state index contributed by atoms with van der Waals surface area (Å²) in [4.78, 5) is 13.3. The van der Waals surface area contributed by atoms with Gasteiger partial charge in [0.25, 0.3) is 5.91 Å². The van der Waals surface area contributed by atoms with Crippen molar-refractivity contribution >= 4 is 11.6 Å². The summed E-state index contributed by atoms with van der Waals surface area (Å²) in [6.07, 6.45) is -2.28. The van der Waals surface area contributed by atoms with E-state index >= 15 is 0 Å². The molecular formula is C30H30F3N5O. The Morgan fingerprint density at radius 1 is 1.03 bits per heavy atom. The Bertz CT molecular complexity index is 1480. The van der Waals surface area contributed by atoms with E-state index in [2.05, 4.69) is 27.9 Å². The molecule has 39 heavy (non-hydrogen) atoms. The van der Waals surface area contributed by atoms with Crippen molar-refractivity contribution in [1.82, 2.24) is 15.1 Å². The first-order valence-electron chi connectivity index (χ1n) is 12.9. The summed E-state index contributed by atoms with van der Waals surface area (Å²) in [5, 5.41) is 10.1. The number of nitrogens with zero attached hydrogens (tertiary/aromatic N) is 2. The molecule has 1 amide bonds. The molecule has 3 aromatic carbocycles. The Balaban J connectivity index is 1.45. The molecule has 1 aromatic heterocycles. The second-order valence-electron chi connectivity index (χ2n) is 9.98. The fourth-order valence-corrected chi connectivity index (χ4v) is 4.57. The Morgan fingerprint density at radius 2 is 1.74 bits per heavy atom. The van der Waals surface area contributed by atoms with Crippen LogP contribution in [0.4, 0.5) is 18.9 Å². The van der Waals surface area contributed by atoms with Gasteiger partial charge in [0.2, 0.25) is 0 Å². The summed E-state index contributed by atoms with van der Waals surface area (Å²) in [6, 6.07) is 22.9. The van der Waals surface area contributed by atoms with Gasteiger partial charge < -0.3 is 16.4 Å². The molecule has 4 aromatic rings. The van der Waals surface area contributed by atoms with E-state index in [4.69, 9.17) is 5.73 Å². The predicted octanol–water partition coefficient (Wildman–Crippen LogP) is 6.00. The normalized spacial score (nSPS) is 14.3. The van der Waals surface area contributed by atoms with Crippen molar-refractivity contribution in [1.29, 1.82) is 0 Å². The Morgan fingerprint density at radius 3 is 2.44 bits per heavy atom. The number of benzene rings is 3. The molecule has 0 radical (unpaired) electrons. The molecule has 5 rings (SSSR count). The quantitative estimate of drug-likeness (QED) is 0.246. The maximum atomic E-state index is 13.6. The molecule has 4 N–H and O–H groups in total. The van der Waals surface area contributed by atoms with Gasteiger partial charge >= 0.3 is 6.18 Å². The Labute approximate surface area is 225 Å². The van der Waals surface area contributed by atoms with Gasteiger partial charge in [0, 0.05) is 18.3 Å². The van der Waals surface area contributed by atoms with Crippen molar-refractivity contribution in [3.05, 3.63) is 113 Å². The van der Waals surface area contributed by atoms with Crippen LogP contribution in [0.25, 0.3) is 5.69 Å². The van der Waals surface area contributed by atoms with Crippen LogP contribution < -0.4 is 16.4 Å². The zero-order chi connectivity index (χ0) is 27.6. The number of hydrogen-bond acceptors (Lipinski definition) is 4. The summed E-state index contributed by atoms with van der Waals surface area (Å²) < 4.78 is 41.7. The largest absolute Gasteiger partial charge is 0.435 e. The van der Waals surface area contributed by atoms with Crippen molar-refractivity contribution in [3.63, 3.8) is 0 Å². The molecule has 1 heterocycles. The van der Waals surface area contributed by atoms with Crippen LogP contribution in [0.2, 0.25) is 0 Å². The third-order valence-electron chi connectivity index (χ3n) is 6.78. The molecule has 1 saturated carbocycles. The molecule has 0 spiro atoms. The third-order valence-corrected chi connectivity index (χ3v) is 6.78. The molecule has 202 valence electrons. The van der Waals surface area contributed by atoms with Crippen molar-refractivity contribution < 1.29 is 18.0 Å². The Hall–Kier alpha value is -3.95. The molecule has 1 atom stereocenters. The number of anilines is 1. The minimum absolute atomic E-state index is 0.0938. The maximum Gasteiger partial charge on any atom is 0.435 e. The molecular weight excluding hydrogens is 503 g/mol. The number of rotatable bonds is 9. The van der Waals surface area contributed by atoms with E-state index in [-0.39, 0.29) is 18.3 Å². The van der Waals surface area contributed by atoms with Gasteiger partial charge in [-0.1, -0.05) is 54.1 Å². The number of halogens is 3. The minimum atomic E-state index is -4.71. The third kappa shape index (κ3) is 6.38. The lowest BCUT2D eigenvalue weighted by molar-refractivity contribution is -0.141. The lowest BCUT2D eigenvalue weighted by Gasteiger charge is -2.21. The van der Waals surface area contributed by atoms with E-state index in [1.165, 1.54) is 12.8 Å². The number of carbonyl (C=O) groups is 1. The molecule has 1 fully saturated rings. The van der Waals surface area contributed by atoms with Crippen LogP contribution in [-0.2, 0) is 12.7 Å². The number of nitrogens with one attached hydrogen (secondary N) is 2.